The Balaban J connectivity index is 2.14. The predicted octanol–water partition coefficient (Wildman–Crippen LogP) is 6.48. The van der Waals surface area contributed by atoms with E-state index in [2.05, 4.69) is 89.2 Å². The summed E-state index contributed by atoms with van der Waals surface area (Å²) in [5, 5.41) is 0. The topological polar surface area (TPSA) is 0 Å². The molecule has 118 valence electrons. The molecule has 2 aromatic rings. The highest BCUT2D eigenvalue weighted by atomic mass is 32.2. The van der Waals surface area contributed by atoms with E-state index in [4.69, 9.17) is 0 Å². The molecule has 0 fully saturated rings. The molecule has 2 aromatic carbocycles. The largest absolute Gasteiger partial charge is 0.126 e. The van der Waals surface area contributed by atoms with Crippen LogP contribution in [0.5, 0.6) is 0 Å². The standard InChI is InChI=1S/C21H28S/c1-17-11-9-10-14-19(17)22-16-15-21(5,20(2,3)4)18-12-7-6-8-13-18/h6-14H,15-16H2,1-5H3/t21-/m1/s1. The molecule has 0 saturated heterocycles. The zero-order valence-corrected chi connectivity index (χ0v) is 15.3. The molecular formula is C21H28S. The molecule has 1 heteroatoms. The number of rotatable bonds is 5. The van der Waals surface area contributed by atoms with Crippen molar-refractivity contribution in [2.45, 2.75) is 51.3 Å². The number of benzene rings is 2. The Morgan fingerprint density at radius 1 is 0.818 bits per heavy atom. The first-order valence-electron chi connectivity index (χ1n) is 8.08. The second-order valence-corrected chi connectivity index (χ2v) is 8.45. The van der Waals surface area contributed by atoms with Crippen molar-refractivity contribution in [3.63, 3.8) is 0 Å². The smallest absolute Gasteiger partial charge is 0.0101 e. The SMILES string of the molecule is Cc1ccccc1SCC[C@](C)(c1ccccc1)C(C)(C)C. The predicted molar refractivity (Wildman–Crippen MR) is 99.8 cm³/mol. The van der Waals surface area contributed by atoms with Gasteiger partial charge in [0.15, 0.2) is 0 Å². The van der Waals surface area contributed by atoms with Gasteiger partial charge in [-0.1, -0.05) is 76.2 Å². The molecule has 0 nitrogen and oxygen atoms in total. The highest BCUT2D eigenvalue weighted by Gasteiger charge is 2.38. The van der Waals surface area contributed by atoms with Gasteiger partial charge in [0.05, 0.1) is 0 Å². The molecule has 22 heavy (non-hydrogen) atoms. The normalized spacial score (nSPS) is 14.6. The third-order valence-electron chi connectivity index (χ3n) is 5.02. The molecule has 0 aliphatic rings. The molecule has 2 rings (SSSR count). The lowest BCUT2D eigenvalue weighted by molar-refractivity contribution is 0.197. The Kier molecular flexibility index (Phi) is 5.39. The van der Waals surface area contributed by atoms with Crippen LogP contribution in [0.2, 0.25) is 0 Å². The van der Waals surface area contributed by atoms with Crippen LogP contribution in [0.3, 0.4) is 0 Å². The summed E-state index contributed by atoms with van der Waals surface area (Å²) in [6.45, 7) is 11.7. The van der Waals surface area contributed by atoms with Gasteiger partial charge in [-0.2, -0.15) is 0 Å². The van der Waals surface area contributed by atoms with Crippen LogP contribution in [0.4, 0.5) is 0 Å². The van der Waals surface area contributed by atoms with Crippen LogP contribution in [0.25, 0.3) is 0 Å². The number of thioether (sulfide) groups is 1. The minimum atomic E-state index is 0.184. The number of hydrogen-bond acceptors (Lipinski definition) is 1. The first kappa shape index (κ1) is 17.1. The van der Waals surface area contributed by atoms with Crippen LogP contribution in [0.15, 0.2) is 59.5 Å². The summed E-state index contributed by atoms with van der Waals surface area (Å²) in [5.74, 6) is 1.15. The third kappa shape index (κ3) is 3.76. The van der Waals surface area contributed by atoms with Crippen molar-refractivity contribution >= 4 is 11.8 Å². The molecular weight excluding hydrogens is 284 g/mol. The minimum Gasteiger partial charge on any atom is -0.126 e. The highest BCUT2D eigenvalue weighted by molar-refractivity contribution is 7.99. The van der Waals surface area contributed by atoms with Gasteiger partial charge in [-0.25, -0.2) is 0 Å². The first-order chi connectivity index (χ1) is 10.3. The molecule has 1 atom stereocenters. The molecule has 0 aliphatic carbocycles. The van der Waals surface area contributed by atoms with Gasteiger partial charge in [0.25, 0.3) is 0 Å². The summed E-state index contributed by atoms with van der Waals surface area (Å²) in [7, 11) is 0. The van der Waals surface area contributed by atoms with Gasteiger partial charge in [-0.05, 0) is 47.1 Å². The van der Waals surface area contributed by atoms with Crippen molar-refractivity contribution in [3.8, 4) is 0 Å². The zero-order valence-electron chi connectivity index (χ0n) is 14.5. The number of aryl methyl sites for hydroxylation is 1. The maximum atomic E-state index is 2.42. The Labute approximate surface area is 140 Å². The van der Waals surface area contributed by atoms with Crippen LogP contribution in [-0.2, 0) is 5.41 Å². The molecule has 0 unspecified atom stereocenters. The molecule has 0 aliphatic heterocycles. The fourth-order valence-corrected chi connectivity index (χ4v) is 4.04. The summed E-state index contributed by atoms with van der Waals surface area (Å²) in [4.78, 5) is 1.41. The lowest BCUT2D eigenvalue weighted by Gasteiger charge is -2.43. The Bertz CT molecular complexity index is 595. The van der Waals surface area contributed by atoms with Gasteiger partial charge in [0, 0.05) is 4.90 Å². The van der Waals surface area contributed by atoms with E-state index < -0.39 is 0 Å². The molecule has 0 spiro atoms. The highest BCUT2D eigenvalue weighted by Crippen LogP contribution is 2.45. The Morgan fingerprint density at radius 2 is 1.41 bits per heavy atom. The van der Waals surface area contributed by atoms with Gasteiger partial charge in [-0.3, -0.25) is 0 Å². The summed E-state index contributed by atoms with van der Waals surface area (Å²) in [6, 6.07) is 19.7. The Morgan fingerprint density at radius 3 is 2.00 bits per heavy atom. The summed E-state index contributed by atoms with van der Waals surface area (Å²) in [6.07, 6.45) is 1.18. The van der Waals surface area contributed by atoms with Crippen molar-refractivity contribution in [3.05, 3.63) is 65.7 Å². The van der Waals surface area contributed by atoms with E-state index in [0.29, 0.717) is 0 Å². The fraction of sp³-hybridized carbons (Fsp3) is 0.429. The second kappa shape index (κ2) is 6.91. The van der Waals surface area contributed by atoms with Crippen molar-refractivity contribution in [1.82, 2.24) is 0 Å². The van der Waals surface area contributed by atoms with E-state index in [1.807, 2.05) is 11.8 Å². The quantitative estimate of drug-likeness (QED) is 0.569. The van der Waals surface area contributed by atoms with E-state index in [-0.39, 0.29) is 10.8 Å². The van der Waals surface area contributed by atoms with E-state index in [1.54, 1.807) is 0 Å². The number of hydrogen-bond donors (Lipinski definition) is 0. The molecule has 0 N–H and O–H groups in total. The molecule has 0 saturated carbocycles. The van der Waals surface area contributed by atoms with Crippen LogP contribution in [-0.4, -0.2) is 5.75 Å². The van der Waals surface area contributed by atoms with Gasteiger partial charge in [0.2, 0.25) is 0 Å². The van der Waals surface area contributed by atoms with E-state index in [1.165, 1.54) is 22.4 Å². The van der Waals surface area contributed by atoms with Crippen molar-refractivity contribution in [1.29, 1.82) is 0 Å². The van der Waals surface area contributed by atoms with E-state index >= 15 is 0 Å². The molecule has 0 aromatic heterocycles. The maximum Gasteiger partial charge on any atom is 0.0101 e. The molecule has 0 amide bonds. The molecule has 0 bridgehead atoms. The lowest BCUT2D eigenvalue weighted by atomic mass is 9.62. The van der Waals surface area contributed by atoms with Crippen molar-refractivity contribution < 1.29 is 0 Å². The van der Waals surface area contributed by atoms with Gasteiger partial charge in [0.1, 0.15) is 0 Å². The average molecular weight is 313 g/mol. The summed E-state index contributed by atoms with van der Waals surface area (Å²) < 4.78 is 0. The minimum absolute atomic E-state index is 0.184. The zero-order chi connectivity index (χ0) is 16.2. The second-order valence-electron chi connectivity index (χ2n) is 7.31. The summed E-state index contributed by atoms with van der Waals surface area (Å²) >= 11 is 1.98. The van der Waals surface area contributed by atoms with E-state index in [9.17, 15) is 0 Å². The van der Waals surface area contributed by atoms with Gasteiger partial charge >= 0.3 is 0 Å². The van der Waals surface area contributed by atoms with Crippen LogP contribution < -0.4 is 0 Å². The average Bonchev–Trinajstić information content (AvgIpc) is 2.49. The third-order valence-corrected chi connectivity index (χ3v) is 6.20. The van der Waals surface area contributed by atoms with Gasteiger partial charge in [-0.15, -0.1) is 11.8 Å². The monoisotopic (exact) mass is 312 g/mol. The lowest BCUT2D eigenvalue weighted by Crippen LogP contribution is -2.37. The molecule has 0 heterocycles. The van der Waals surface area contributed by atoms with Crippen LogP contribution >= 0.6 is 11.8 Å². The van der Waals surface area contributed by atoms with Crippen LogP contribution in [0.1, 0.15) is 45.2 Å². The summed E-state index contributed by atoms with van der Waals surface area (Å²) in [5.41, 5.74) is 3.25. The van der Waals surface area contributed by atoms with E-state index in [0.717, 1.165) is 5.75 Å². The Hall–Kier alpha value is -1.21. The van der Waals surface area contributed by atoms with Gasteiger partial charge < -0.3 is 0 Å². The first-order valence-corrected chi connectivity index (χ1v) is 9.07. The van der Waals surface area contributed by atoms with Crippen molar-refractivity contribution in [2.24, 2.45) is 5.41 Å². The van der Waals surface area contributed by atoms with Crippen molar-refractivity contribution in [2.75, 3.05) is 5.75 Å². The fourth-order valence-electron chi connectivity index (χ4n) is 2.84. The molecule has 0 radical (unpaired) electrons. The van der Waals surface area contributed by atoms with Crippen LogP contribution in [0, 0.1) is 12.3 Å². The maximum absolute atomic E-state index is 2.42.